The van der Waals surface area contributed by atoms with E-state index in [1.165, 1.54) is 51.1 Å². The van der Waals surface area contributed by atoms with Gasteiger partial charge >= 0.3 is 0 Å². The number of nitrogens with zero attached hydrogens (tertiary/aromatic N) is 1. The summed E-state index contributed by atoms with van der Waals surface area (Å²) in [4.78, 5) is 2.48. The minimum absolute atomic E-state index is 0.769. The lowest BCUT2D eigenvalue weighted by Gasteiger charge is -2.34. The quantitative estimate of drug-likeness (QED) is 0.817. The van der Waals surface area contributed by atoms with Crippen molar-refractivity contribution in [3.8, 4) is 0 Å². The Bertz CT molecular complexity index is 210. The maximum atomic E-state index is 3.81. The molecule has 0 aromatic carbocycles. The van der Waals surface area contributed by atoms with Gasteiger partial charge in [-0.1, -0.05) is 6.92 Å². The van der Waals surface area contributed by atoms with E-state index in [9.17, 15) is 0 Å². The van der Waals surface area contributed by atoms with Crippen molar-refractivity contribution in [2.45, 2.75) is 43.9 Å². The number of thioether (sulfide) groups is 1. The van der Waals surface area contributed by atoms with E-state index in [0.29, 0.717) is 0 Å². The van der Waals surface area contributed by atoms with Crippen LogP contribution in [0.5, 0.6) is 0 Å². The Balaban J connectivity index is 1.69. The second kappa shape index (κ2) is 6.27. The number of hydrogen-bond acceptors (Lipinski definition) is 3. The Morgan fingerprint density at radius 3 is 2.94 bits per heavy atom. The molecule has 2 heterocycles. The molecule has 3 heteroatoms. The van der Waals surface area contributed by atoms with Crippen LogP contribution in [-0.2, 0) is 0 Å². The Labute approximate surface area is 105 Å². The first-order valence-electron chi connectivity index (χ1n) is 6.79. The van der Waals surface area contributed by atoms with Crippen LogP contribution in [0.4, 0.5) is 0 Å². The highest BCUT2D eigenvalue weighted by molar-refractivity contribution is 7.99. The fourth-order valence-corrected chi connectivity index (χ4v) is 4.12. The number of piperidine rings is 1. The van der Waals surface area contributed by atoms with Crippen LogP contribution in [0.2, 0.25) is 0 Å². The molecule has 2 aliphatic heterocycles. The second-order valence-electron chi connectivity index (χ2n) is 5.50. The Kier molecular flexibility index (Phi) is 4.98. The highest BCUT2D eigenvalue weighted by atomic mass is 32.2. The van der Waals surface area contributed by atoms with Gasteiger partial charge in [0, 0.05) is 17.8 Å². The molecule has 0 bridgehead atoms. The largest absolute Gasteiger partial charge is 0.313 e. The maximum absolute atomic E-state index is 3.81. The van der Waals surface area contributed by atoms with E-state index in [1.807, 2.05) is 0 Å². The maximum Gasteiger partial charge on any atom is 0.0184 e. The number of likely N-dealkylation sites (tertiary alicyclic amines) is 1. The normalized spacial score (nSPS) is 37.5. The summed E-state index contributed by atoms with van der Waals surface area (Å²) in [5, 5.41) is 4.63. The molecule has 16 heavy (non-hydrogen) atoms. The molecular weight excluding hydrogens is 216 g/mol. The summed E-state index contributed by atoms with van der Waals surface area (Å²) < 4.78 is 0. The van der Waals surface area contributed by atoms with Gasteiger partial charge in [0.25, 0.3) is 0 Å². The van der Waals surface area contributed by atoms with Crippen LogP contribution in [0.1, 0.15) is 32.6 Å². The van der Waals surface area contributed by atoms with Crippen LogP contribution in [0.15, 0.2) is 0 Å². The molecule has 0 aromatic rings. The van der Waals surface area contributed by atoms with E-state index in [2.05, 4.69) is 35.9 Å². The summed E-state index contributed by atoms with van der Waals surface area (Å²) in [7, 11) is 2.26. The first kappa shape index (κ1) is 12.7. The first-order valence-corrected chi connectivity index (χ1v) is 7.84. The topological polar surface area (TPSA) is 15.3 Å². The predicted molar refractivity (Wildman–Crippen MR) is 73.2 cm³/mol. The van der Waals surface area contributed by atoms with Crippen LogP contribution >= 0.6 is 11.8 Å². The summed E-state index contributed by atoms with van der Waals surface area (Å²) >= 11 is 2.14. The molecule has 0 spiro atoms. The van der Waals surface area contributed by atoms with E-state index in [1.54, 1.807) is 0 Å². The lowest BCUT2D eigenvalue weighted by molar-refractivity contribution is 0.201. The van der Waals surface area contributed by atoms with Crippen molar-refractivity contribution in [1.82, 2.24) is 10.2 Å². The third-order valence-corrected chi connectivity index (χ3v) is 5.38. The van der Waals surface area contributed by atoms with E-state index in [4.69, 9.17) is 0 Å². The van der Waals surface area contributed by atoms with Gasteiger partial charge in [-0.3, -0.25) is 0 Å². The number of nitrogens with one attached hydrogen (secondary N) is 1. The average molecular weight is 242 g/mol. The van der Waals surface area contributed by atoms with Crippen molar-refractivity contribution >= 4 is 11.8 Å². The van der Waals surface area contributed by atoms with Gasteiger partial charge in [0.1, 0.15) is 0 Å². The second-order valence-corrected chi connectivity index (χ2v) is 6.99. The minimum Gasteiger partial charge on any atom is -0.313 e. The summed E-state index contributed by atoms with van der Waals surface area (Å²) in [5.41, 5.74) is 0. The molecule has 1 N–H and O–H groups in total. The molecule has 2 rings (SSSR count). The van der Waals surface area contributed by atoms with Crippen molar-refractivity contribution in [2.75, 3.05) is 32.4 Å². The van der Waals surface area contributed by atoms with E-state index in [-0.39, 0.29) is 0 Å². The molecule has 3 atom stereocenters. The SMILES string of the molecule is CC1SCCCC1NCC1CCCN(C)C1. The van der Waals surface area contributed by atoms with Gasteiger partial charge in [-0.25, -0.2) is 0 Å². The van der Waals surface area contributed by atoms with Crippen LogP contribution in [0, 0.1) is 5.92 Å². The van der Waals surface area contributed by atoms with Crippen molar-refractivity contribution < 1.29 is 0 Å². The van der Waals surface area contributed by atoms with Gasteiger partial charge in [0.05, 0.1) is 0 Å². The smallest absolute Gasteiger partial charge is 0.0184 e. The van der Waals surface area contributed by atoms with E-state index >= 15 is 0 Å². The zero-order valence-corrected chi connectivity index (χ0v) is 11.6. The third kappa shape index (κ3) is 3.64. The average Bonchev–Trinajstić information content (AvgIpc) is 2.28. The Morgan fingerprint density at radius 2 is 2.19 bits per heavy atom. The molecule has 94 valence electrons. The van der Waals surface area contributed by atoms with Crippen LogP contribution in [0.3, 0.4) is 0 Å². The Hall–Kier alpha value is 0.270. The summed E-state index contributed by atoms with van der Waals surface area (Å²) in [6.45, 7) is 6.21. The number of rotatable bonds is 3. The van der Waals surface area contributed by atoms with Gasteiger partial charge in [-0.15, -0.1) is 0 Å². The minimum atomic E-state index is 0.769. The molecule has 0 amide bonds. The van der Waals surface area contributed by atoms with Crippen molar-refractivity contribution in [3.05, 3.63) is 0 Å². The first-order chi connectivity index (χ1) is 7.75. The molecule has 2 nitrogen and oxygen atoms in total. The molecule has 3 unspecified atom stereocenters. The third-order valence-electron chi connectivity index (χ3n) is 4.00. The monoisotopic (exact) mass is 242 g/mol. The van der Waals surface area contributed by atoms with Gasteiger partial charge in [-0.2, -0.15) is 11.8 Å². The molecule has 0 saturated carbocycles. The predicted octanol–water partition coefficient (Wildman–Crippen LogP) is 2.20. The molecule has 0 aromatic heterocycles. The van der Waals surface area contributed by atoms with E-state index in [0.717, 1.165) is 17.2 Å². The molecule has 0 aliphatic carbocycles. The molecular formula is C13H26N2S. The molecule has 2 fully saturated rings. The molecule has 2 aliphatic rings. The fraction of sp³-hybridized carbons (Fsp3) is 1.00. The highest BCUT2D eigenvalue weighted by Gasteiger charge is 2.23. The van der Waals surface area contributed by atoms with E-state index < -0.39 is 0 Å². The van der Waals surface area contributed by atoms with Crippen LogP contribution in [-0.4, -0.2) is 48.6 Å². The zero-order chi connectivity index (χ0) is 11.4. The molecule has 2 saturated heterocycles. The Morgan fingerprint density at radius 1 is 1.31 bits per heavy atom. The van der Waals surface area contributed by atoms with Crippen LogP contribution < -0.4 is 5.32 Å². The van der Waals surface area contributed by atoms with Gasteiger partial charge < -0.3 is 10.2 Å². The lowest BCUT2D eigenvalue weighted by Crippen LogP contribution is -2.44. The lowest BCUT2D eigenvalue weighted by atomic mass is 9.97. The van der Waals surface area contributed by atoms with Gasteiger partial charge in [0.15, 0.2) is 0 Å². The number of hydrogen-bond donors (Lipinski definition) is 1. The standard InChI is InChI=1S/C13H26N2S/c1-11-13(6-4-8-16-11)14-9-12-5-3-7-15(2)10-12/h11-14H,3-10H2,1-2H3. The van der Waals surface area contributed by atoms with Gasteiger partial charge in [0.2, 0.25) is 0 Å². The molecule has 0 radical (unpaired) electrons. The summed E-state index contributed by atoms with van der Waals surface area (Å²) in [6.07, 6.45) is 5.59. The van der Waals surface area contributed by atoms with Crippen molar-refractivity contribution in [3.63, 3.8) is 0 Å². The zero-order valence-electron chi connectivity index (χ0n) is 10.7. The van der Waals surface area contributed by atoms with Crippen molar-refractivity contribution in [1.29, 1.82) is 0 Å². The van der Waals surface area contributed by atoms with Crippen molar-refractivity contribution in [2.24, 2.45) is 5.92 Å². The van der Waals surface area contributed by atoms with Crippen LogP contribution in [0.25, 0.3) is 0 Å². The van der Waals surface area contributed by atoms with Gasteiger partial charge in [-0.05, 0) is 57.5 Å². The summed E-state index contributed by atoms with van der Waals surface area (Å²) in [6, 6.07) is 0.769. The summed E-state index contributed by atoms with van der Waals surface area (Å²) in [5.74, 6) is 2.25. The highest BCUT2D eigenvalue weighted by Crippen LogP contribution is 2.25. The fourth-order valence-electron chi connectivity index (χ4n) is 2.95.